The first-order valence-electron chi connectivity index (χ1n) is 4.12. The van der Waals surface area contributed by atoms with E-state index in [0.717, 1.165) is 3.57 Å². The third-order valence-electron chi connectivity index (χ3n) is 1.61. The van der Waals surface area contributed by atoms with Gasteiger partial charge in [0.05, 0.1) is 3.57 Å². The van der Waals surface area contributed by atoms with Crippen LogP contribution in [0, 0.1) is 3.57 Å². The van der Waals surface area contributed by atoms with E-state index in [-0.39, 0.29) is 0 Å². The molecule has 0 amide bonds. The zero-order valence-electron chi connectivity index (χ0n) is 7.48. The first-order chi connectivity index (χ1) is 7.25. The molecule has 0 radical (unpaired) electrons. The van der Waals surface area contributed by atoms with Crippen molar-refractivity contribution < 1.29 is 0 Å². The van der Waals surface area contributed by atoms with Crippen LogP contribution in [-0.2, 0) is 0 Å². The highest BCUT2D eigenvalue weighted by Gasteiger charge is 2.02. The van der Waals surface area contributed by atoms with Crippen LogP contribution < -0.4 is 5.32 Å². The number of anilines is 2. The van der Waals surface area contributed by atoms with Gasteiger partial charge in [-0.3, -0.25) is 0 Å². The molecular formula is C9H6ClIN4. The van der Waals surface area contributed by atoms with Crippen LogP contribution in [0.25, 0.3) is 0 Å². The Morgan fingerprint density at radius 2 is 2.13 bits per heavy atom. The fourth-order valence-corrected chi connectivity index (χ4v) is 1.35. The number of halogens is 2. The summed E-state index contributed by atoms with van der Waals surface area (Å²) < 4.78 is 0.820. The van der Waals surface area contributed by atoms with Crippen molar-refractivity contribution in [3.8, 4) is 0 Å². The van der Waals surface area contributed by atoms with Crippen LogP contribution in [-0.4, -0.2) is 15.0 Å². The van der Waals surface area contributed by atoms with Crippen molar-refractivity contribution in [1.82, 2.24) is 15.0 Å². The molecule has 0 aliphatic carbocycles. The molecule has 0 spiro atoms. The third-order valence-corrected chi connectivity index (χ3v) is 3.00. The highest BCUT2D eigenvalue weighted by atomic mass is 127. The summed E-state index contributed by atoms with van der Waals surface area (Å²) in [7, 11) is 0. The summed E-state index contributed by atoms with van der Waals surface area (Å²) in [6.45, 7) is 0. The standard InChI is InChI=1S/C9H6ClIN4/c10-8-6(11)5-13-9(15-8)14-7-3-1-2-4-12-7/h1-5H,(H,12,13,14,15). The Morgan fingerprint density at radius 3 is 2.80 bits per heavy atom. The highest BCUT2D eigenvalue weighted by Crippen LogP contribution is 2.17. The zero-order valence-corrected chi connectivity index (χ0v) is 10.4. The van der Waals surface area contributed by atoms with Gasteiger partial charge in [0.25, 0.3) is 0 Å². The number of hydrogen-bond acceptors (Lipinski definition) is 4. The molecule has 0 saturated heterocycles. The maximum absolute atomic E-state index is 5.86. The summed E-state index contributed by atoms with van der Waals surface area (Å²) in [6.07, 6.45) is 3.35. The molecule has 0 aliphatic heterocycles. The summed E-state index contributed by atoms with van der Waals surface area (Å²) in [6, 6.07) is 5.55. The van der Waals surface area contributed by atoms with Crippen LogP contribution in [0.2, 0.25) is 5.15 Å². The van der Waals surface area contributed by atoms with E-state index in [9.17, 15) is 0 Å². The van der Waals surface area contributed by atoms with Gasteiger partial charge in [0.1, 0.15) is 11.0 Å². The van der Waals surface area contributed by atoms with E-state index in [1.54, 1.807) is 12.4 Å². The van der Waals surface area contributed by atoms with Gasteiger partial charge in [0.15, 0.2) is 0 Å². The quantitative estimate of drug-likeness (QED) is 0.679. The second kappa shape index (κ2) is 4.71. The lowest BCUT2D eigenvalue weighted by Gasteiger charge is -2.03. The van der Waals surface area contributed by atoms with Crippen molar-refractivity contribution in [3.63, 3.8) is 0 Å². The molecule has 0 fully saturated rings. The van der Waals surface area contributed by atoms with Crippen LogP contribution in [0.4, 0.5) is 11.8 Å². The smallest absolute Gasteiger partial charge is 0.229 e. The fraction of sp³-hybridized carbons (Fsp3) is 0. The van der Waals surface area contributed by atoms with Crippen molar-refractivity contribution in [3.05, 3.63) is 39.3 Å². The Bertz CT molecular complexity index is 463. The van der Waals surface area contributed by atoms with Crippen LogP contribution in [0.1, 0.15) is 0 Å². The van der Waals surface area contributed by atoms with E-state index >= 15 is 0 Å². The molecule has 0 aliphatic rings. The molecular weight excluding hydrogens is 326 g/mol. The Kier molecular flexibility index (Phi) is 3.32. The highest BCUT2D eigenvalue weighted by molar-refractivity contribution is 14.1. The molecule has 0 aromatic carbocycles. The molecule has 2 aromatic rings. The SMILES string of the molecule is Clc1nc(Nc2ccccn2)ncc1I. The lowest BCUT2D eigenvalue weighted by molar-refractivity contribution is 1.13. The van der Waals surface area contributed by atoms with Gasteiger partial charge >= 0.3 is 0 Å². The minimum absolute atomic E-state index is 0.434. The van der Waals surface area contributed by atoms with Crippen molar-refractivity contribution in [2.75, 3.05) is 5.32 Å². The molecule has 4 nitrogen and oxygen atoms in total. The monoisotopic (exact) mass is 332 g/mol. The second-order valence-electron chi connectivity index (χ2n) is 2.67. The fourth-order valence-electron chi connectivity index (χ4n) is 0.958. The van der Waals surface area contributed by atoms with E-state index in [0.29, 0.717) is 16.9 Å². The minimum atomic E-state index is 0.434. The number of nitrogens with one attached hydrogen (secondary N) is 1. The summed E-state index contributed by atoms with van der Waals surface area (Å²) in [5.41, 5.74) is 0. The number of pyridine rings is 1. The number of aromatic nitrogens is 3. The van der Waals surface area contributed by atoms with Crippen LogP contribution >= 0.6 is 34.2 Å². The number of hydrogen-bond donors (Lipinski definition) is 1. The Morgan fingerprint density at radius 1 is 1.27 bits per heavy atom. The topological polar surface area (TPSA) is 50.7 Å². The van der Waals surface area contributed by atoms with Crippen LogP contribution in [0.15, 0.2) is 30.6 Å². The number of rotatable bonds is 2. The second-order valence-corrected chi connectivity index (χ2v) is 4.19. The van der Waals surface area contributed by atoms with Crippen molar-refractivity contribution in [1.29, 1.82) is 0 Å². The van der Waals surface area contributed by atoms with E-state index in [4.69, 9.17) is 11.6 Å². The third kappa shape index (κ3) is 2.75. The van der Waals surface area contributed by atoms with E-state index in [1.165, 1.54) is 0 Å². The molecule has 0 unspecified atom stereocenters. The summed E-state index contributed by atoms with van der Waals surface area (Å²) in [5.74, 6) is 1.13. The summed E-state index contributed by atoms with van der Waals surface area (Å²) in [5, 5.41) is 3.39. The van der Waals surface area contributed by atoms with Gasteiger partial charge in [-0.2, -0.15) is 4.98 Å². The molecule has 1 N–H and O–H groups in total. The van der Waals surface area contributed by atoms with Gasteiger partial charge in [-0.15, -0.1) is 0 Å². The largest absolute Gasteiger partial charge is 0.309 e. The van der Waals surface area contributed by atoms with Crippen molar-refractivity contribution in [2.24, 2.45) is 0 Å². The predicted octanol–water partition coefficient (Wildman–Crippen LogP) is 2.87. The van der Waals surface area contributed by atoms with E-state index in [1.807, 2.05) is 18.2 Å². The average Bonchev–Trinajstić information content (AvgIpc) is 2.25. The number of nitrogens with zero attached hydrogens (tertiary/aromatic N) is 3. The molecule has 2 aromatic heterocycles. The average molecular weight is 333 g/mol. The predicted molar refractivity (Wildman–Crippen MR) is 67.3 cm³/mol. The molecule has 2 heterocycles. The van der Waals surface area contributed by atoms with Gasteiger partial charge in [-0.05, 0) is 34.7 Å². The first-order valence-corrected chi connectivity index (χ1v) is 5.57. The van der Waals surface area contributed by atoms with Gasteiger partial charge in [0, 0.05) is 12.4 Å². The minimum Gasteiger partial charge on any atom is -0.309 e. The van der Waals surface area contributed by atoms with Gasteiger partial charge in [-0.1, -0.05) is 17.7 Å². The van der Waals surface area contributed by atoms with Crippen LogP contribution in [0.5, 0.6) is 0 Å². The summed E-state index contributed by atoms with van der Waals surface area (Å²) in [4.78, 5) is 12.2. The molecule has 15 heavy (non-hydrogen) atoms. The Hall–Kier alpha value is -0.950. The van der Waals surface area contributed by atoms with Crippen LogP contribution in [0.3, 0.4) is 0 Å². The van der Waals surface area contributed by atoms with Gasteiger partial charge in [-0.25, -0.2) is 9.97 Å². The molecule has 0 atom stereocenters. The molecule has 6 heteroatoms. The van der Waals surface area contributed by atoms with Crippen molar-refractivity contribution >= 4 is 46.0 Å². The van der Waals surface area contributed by atoms with Gasteiger partial charge in [0.2, 0.25) is 5.95 Å². The van der Waals surface area contributed by atoms with Crippen molar-refractivity contribution in [2.45, 2.75) is 0 Å². The molecule has 0 bridgehead atoms. The Balaban J connectivity index is 2.22. The lowest BCUT2D eigenvalue weighted by Crippen LogP contribution is -1.99. The molecule has 76 valence electrons. The summed E-state index contributed by atoms with van der Waals surface area (Å²) >= 11 is 7.93. The Labute approximate surface area is 105 Å². The maximum atomic E-state index is 5.86. The van der Waals surface area contributed by atoms with E-state index in [2.05, 4.69) is 42.9 Å². The molecule has 2 rings (SSSR count). The molecule has 0 saturated carbocycles. The lowest BCUT2D eigenvalue weighted by atomic mass is 10.5. The first kappa shape index (κ1) is 10.6. The maximum Gasteiger partial charge on any atom is 0.229 e. The zero-order chi connectivity index (χ0) is 10.7. The van der Waals surface area contributed by atoms with Gasteiger partial charge < -0.3 is 5.32 Å². The van der Waals surface area contributed by atoms with E-state index < -0.39 is 0 Å². The normalized spacial score (nSPS) is 10.0.